The third-order valence-electron chi connectivity index (χ3n) is 10.8. The third kappa shape index (κ3) is 9.66. The molecule has 2 aromatic rings. The van der Waals surface area contributed by atoms with Crippen LogP contribution in [-0.2, 0) is 25.5 Å². The molecule has 1 spiro atoms. The Labute approximate surface area is 329 Å². The highest BCUT2D eigenvalue weighted by molar-refractivity contribution is 7.99. The van der Waals surface area contributed by atoms with Gasteiger partial charge in [0.15, 0.2) is 0 Å². The largest absolute Gasteiger partial charge is 0.573 e. The molecule has 0 bridgehead atoms. The van der Waals surface area contributed by atoms with Crippen molar-refractivity contribution in [1.82, 2.24) is 25.2 Å². The summed E-state index contributed by atoms with van der Waals surface area (Å²) in [5.41, 5.74) is -1.47. The average molecular weight is 804 g/mol. The van der Waals surface area contributed by atoms with Gasteiger partial charge in [0.1, 0.15) is 40.8 Å². The number of likely N-dealkylation sites (tertiary alicyclic amines) is 1. The van der Waals surface area contributed by atoms with Gasteiger partial charge in [0, 0.05) is 28.0 Å². The fraction of sp³-hybridized carbons (Fsp3) is 0.625. The number of alkyl halides is 3. The molecule has 1 saturated heterocycles. The van der Waals surface area contributed by atoms with E-state index in [0.29, 0.717) is 47.2 Å². The number of amides is 4. The van der Waals surface area contributed by atoms with Crippen LogP contribution in [0, 0.1) is 12.8 Å². The molecular weight excluding hydrogens is 752 g/mol. The van der Waals surface area contributed by atoms with Crippen molar-refractivity contribution in [2.24, 2.45) is 5.92 Å². The Bertz CT molecular complexity index is 1900. The van der Waals surface area contributed by atoms with Crippen LogP contribution < -0.4 is 24.8 Å². The fourth-order valence-electron chi connectivity index (χ4n) is 7.49. The number of pyridine rings is 1. The molecule has 2 saturated carbocycles. The normalized spacial score (nSPS) is 25.1. The van der Waals surface area contributed by atoms with Crippen molar-refractivity contribution in [3.05, 3.63) is 41.6 Å². The molecule has 1 aromatic carbocycles. The number of ether oxygens (including phenoxy) is 3. The smallest absolute Gasteiger partial charge is 0.483 e. The minimum Gasteiger partial charge on any atom is -0.483 e. The number of allylic oxidation sites excluding steroid dienone is 1. The lowest BCUT2D eigenvalue weighted by Gasteiger charge is -2.36. The number of fused-ring (bicyclic) bond motifs is 3. The lowest BCUT2D eigenvalue weighted by atomic mass is 9.87. The lowest BCUT2D eigenvalue weighted by molar-refractivity contribution is -0.274. The van der Waals surface area contributed by atoms with E-state index in [1.165, 1.54) is 35.0 Å². The van der Waals surface area contributed by atoms with Crippen molar-refractivity contribution < 1.29 is 46.6 Å². The first-order valence-electron chi connectivity index (χ1n) is 19.4. The molecule has 1 aromatic heterocycles. The van der Waals surface area contributed by atoms with Gasteiger partial charge in [-0.3, -0.25) is 19.1 Å². The Morgan fingerprint density at radius 1 is 1.11 bits per heavy atom. The Morgan fingerprint density at radius 3 is 2.54 bits per heavy atom. The number of aryl methyl sites for hydroxylation is 2. The highest BCUT2D eigenvalue weighted by atomic mass is 32.2. The topological polar surface area (TPSA) is 148 Å². The predicted octanol–water partition coefficient (Wildman–Crippen LogP) is 6.96. The zero-order valence-electron chi connectivity index (χ0n) is 32.8. The molecule has 2 aliphatic carbocycles. The number of halogens is 3. The second-order valence-corrected chi connectivity index (χ2v) is 18.2. The summed E-state index contributed by atoms with van der Waals surface area (Å²) in [4.78, 5) is 60.8. The molecule has 6 rings (SSSR count). The number of alkyl carbamates (subject to hydrolysis) is 1. The van der Waals surface area contributed by atoms with Crippen LogP contribution in [0.4, 0.5) is 18.0 Å². The van der Waals surface area contributed by atoms with Crippen molar-refractivity contribution in [3.8, 4) is 11.5 Å². The second kappa shape index (κ2) is 15.6. The van der Waals surface area contributed by atoms with Crippen LogP contribution in [-0.4, -0.2) is 80.7 Å². The van der Waals surface area contributed by atoms with Crippen molar-refractivity contribution in [3.63, 3.8) is 0 Å². The summed E-state index contributed by atoms with van der Waals surface area (Å²) in [5, 5.41) is 5.99. The number of unbranched alkanes of at least 4 members (excludes halogenated alkanes) is 3. The van der Waals surface area contributed by atoms with Gasteiger partial charge in [-0.2, -0.15) is 0 Å². The predicted molar refractivity (Wildman–Crippen MR) is 205 cm³/mol. The van der Waals surface area contributed by atoms with Gasteiger partial charge < -0.3 is 29.7 Å². The molecule has 3 fully saturated rings. The Kier molecular flexibility index (Phi) is 11.6. The summed E-state index contributed by atoms with van der Waals surface area (Å²) in [7, 11) is 0. The van der Waals surface area contributed by atoms with Gasteiger partial charge in [-0.05, 0) is 110 Å². The van der Waals surface area contributed by atoms with Crippen LogP contribution in [0.2, 0.25) is 0 Å². The zero-order chi connectivity index (χ0) is 40.7. The number of hydrogen-bond acceptors (Lipinski definition) is 9. The third-order valence-corrected chi connectivity index (χ3v) is 12.0. The number of nitrogens with one attached hydrogen (secondary N) is 3. The Hall–Kier alpha value is -4.21. The number of aromatic nitrogens is 1. The fourth-order valence-corrected chi connectivity index (χ4v) is 8.31. The quantitative estimate of drug-likeness (QED) is 0.111. The standard InChI is InChI=1S/C40H52F3N5O7S/c1-7-8-9-10-11-12-25-20-39(25,34(51)47-56-37(6)17-18-37)46-33(50)30-21-38(23-48(30)31(49)22-44-35(52)55-36(3,4)5)16-15-27-28-19-26(53-40(41,42)43)13-14-29(28)45-24(2)32(27)54-38/h11-14,19,25,30H,7-10,15-18,20-23H2,1-6H3,(H,44,52)(H,46,50)(H,47,51)/b12-11-/t25-,30?,38-,39-/m1/s1. The maximum absolute atomic E-state index is 14.5. The van der Waals surface area contributed by atoms with E-state index >= 15 is 0 Å². The van der Waals surface area contributed by atoms with Crippen LogP contribution in [0.15, 0.2) is 30.4 Å². The molecule has 56 heavy (non-hydrogen) atoms. The summed E-state index contributed by atoms with van der Waals surface area (Å²) in [6.07, 6.45) is 5.54. The van der Waals surface area contributed by atoms with Gasteiger partial charge in [0.2, 0.25) is 11.8 Å². The summed E-state index contributed by atoms with van der Waals surface area (Å²) >= 11 is 1.37. The Morgan fingerprint density at radius 2 is 1.86 bits per heavy atom. The number of hydrogen-bond donors (Lipinski definition) is 3. The van der Waals surface area contributed by atoms with E-state index in [1.54, 1.807) is 27.7 Å². The van der Waals surface area contributed by atoms with E-state index in [1.807, 2.05) is 6.08 Å². The number of benzene rings is 1. The average Bonchev–Trinajstić information content (AvgIpc) is 3.99. The van der Waals surface area contributed by atoms with Crippen molar-refractivity contribution in [2.75, 3.05) is 13.1 Å². The summed E-state index contributed by atoms with van der Waals surface area (Å²) in [6.45, 7) is 10.5. The molecule has 4 amide bonds. The molecular formula is C40H52F3N5O7S. The van der Waals surface area contributed by atoms with E-state index in [4.69, 9.17) is 9.47 Å². The monoisotopic (exact) mass is 803 g/mol. The van der Waals surface area contributed by atoms with Crippen LogP contribution in [0.3, 0.4) is 0 Å². The molecule has 4 aliphatic rings. The van der Waals surface area contributed by atoms with Gasteiger partial charge in [-0.15, -0.1) is 13.2 Å². The minimum absolute atomic E-state index is 0.0256. The lowest BCUT2D eigenvalue weighted by Crippen LogP contribution is -2.55. The minimum atomic E-state index is -4.88. The van der Waals surface area contributed by atoms with Gasteiger partial charge in [-0.25, -0.2) is 9.78 Å². The molecule has 16 heteroatoms. The van der Waals surface area contributed by atoms with Gasteiger partial charge >= 0.3 is 12.5 Å². The van der Waals surface area contributed by atoms with E-state index in [2.05, 4.69) is 45.0 Å². The van der Waals surface area contributed by atoms with Crippen LogP contribution in [0.5, 0.6) is 11.5 Å². The van der Waals surface area contributed by atoms with Gasteiger partial charge in [0.05, 0.1) is 17.8 Å². The van der Waals surface area contributed by atoms with E-state index in [0.717, 1.165) is 38.5 Å². The summed E-state index contributed by atoms with van der Waals surface area (Å²) in [5.74, 6) is -1.63. The second-order valence-electron chi connectivity index (χ2n) is 16.8. The van der Waals surface area contributed by atoms with Crippen LogP contribution in [0.1, 0.15) is 104 Å². The first kappa shape index (κ1) is 41.4. The molecule has 2 aliphatic heterocycles. The number of rotatable bonds is 13. The van der Waals surface area contributed by atoms with E-state index < -0.39 is 53.6 Å². The SMILES string of the molecule is CCCCC/C=C\[C@@H]1C[C@]1(NC(=O)C1C[C@]2(CCc3c(c(C)nc4ccc(OC(F)(F)F)cc34)O2)CN1C(=O)CNC(=O)OC(C)(C)C)C(=O)NSC1(C)CC1. The first-order chi connectivity index (χ1) is 26.2. The molecule has 1 unspecified atom stereocenters. The van der Waals surface area contributed by atoms with Gasteiger partial charge in [-0.1, -0.05) is 31.9 Å². The Balaban J connectivity index is 1.27. The molecule has 3 heterocycles. The van der Waals surface area contributed by atoms with Crippen molar-refractivity contribution in [2.45, 2.75) is 140 Å². The molecule has 12 nitrogen and oxygen atoms in total. The van der Waals surface area contributed by atoms with E-state index in [9.17, 15) is 32.3 Å². The molecule has 0 radical (unpaired) electrons. The maximum Gasteiger partial charge on any atom is 0.573 e. The summed E-state index contributed by atoms with van der Waals surface area (Å²) < 4.78 is 58.4. The molecule has 306 valence electrons. The van der Waals surface area contributed by atoms with E-state index in [-0.39, 0.29) is 35.3 Å². The van der Waals surface area contributed by atoms with Crippen molar-refractivity contribution >= 4 is 46.7 Å². The van der Waals surface area contributed by atoms with Crippen LogP contribution >= 0.6 is 11.9 Å². The van der Waals surface area contributed by atoms with Crippen LogP contribution in [0.25, 0.3) is 10.9 Å². The number of nitrogens with zero attached hydrogens (tertiary/aromatic N) is 2. The maximum atomic E-state index is 14.5. The molecule has 3 N–H and O–H groups in total. The van der Waals surface area contributed by atoms with Crippen molar-refractivity contribution in [1.29, 1.82) is 0 Å². The number of carbonyl (C=O) groups is 4. The first-order valence-corrected chi connectivity index (χ1v) is 20.2. The highest BCUT2D eigenvalue weighted by Gasteiger charge is 2.62. The summed E-state index contributed by atoms with van der Waals surface area (Å²) in [6, 6.07) is 2.88. The molecule has 4 atom stereocenters. The number of carbonyl (C=O) groups excluding carboxylic acids is 4. The van der Waals surface area contributed by atoms with Gasteiger partial charge in [0.25, 0.3) is 5.91 Å². The zero-order valence-corrected chi connectivity index (χ0v) is 33.6. The highest BCUT2D eigenvalue weighted by Crippen LogP contribution is 2.50.